The zero-order chi connectivity index (χ0) is 30.3. The number of rotatable bonds is 19. The lowest BCUT2D eigenvalue weighted by molar-refractivity contribution is -0.146. The Labute approximate surface area is 248 Å². The highest BCUT2D eigenvalue weighted by Crippen LogP contribution is 2.39. The molecule has 1 aromatic carbocycles. The van der Waals surface area contributed by atoms with Gasteiger partial charge in [0.25, 0.3) is 0 Å². The fourth-order valence-electron chi connectivity index (χ4n) is 5.80. The molecule has 1 saturated carbocycles. The maximum absolute atomic E-state index is 12.7. The third kappa shape index (κ3) is 11.1. The number of unbranched alkanes of at least 4 members (excludes halogenated alkanes) is 4. The first kappa shape index (κ1) is 34.8. The summed E-state index contributed by atoms with van der Waals surface area (Å²) in [7, 11) is 0. The third-order valence-electron chi connectivity index (χ3n) is 8.88. The molecule has 1 aromatic rings. The summed E-state index contributed by atoms with van der Waals surface area (Å²) < 4.78 is 11.3. The van der Waals surface area contributed by atoms with Crippen molar-refractivity contribution in [1.29, 1.82) is 0 Å². The zero-order valence-electron chi connectivity index (χ0n) is 25.8. The lowest BCUT2D eigenvalue weighted by atomic mass is 9.75. The third-order valence-corrected chi connectivity index (χ3v) is 8.88. The van der Waals surface area contributed by atoms with Crippen molar-refractivity contribution in [2.75, 3.05) is 26.4 Å². The fourth-order valence-corrected chi connectivity index (χ4v) is 5.80. The summed E-state index contributed by atoms with van der Waals surface area (Å²) in [6, 6.07) is 8.54. The van der Waals surface area contributed by atoms with Gasteiger partial charge in [-0.2, -0.15) is 0 Å². The molecule has 0 amide bonds. The molecule has 1 aliphatic rings. The van der Waals surface area contributed by atoms with Crippen LogP contribution in [0.2, 0.25) is 0 Å². The summed E-state index contributed by atoms with van der Waals surface area (Å²) in [5, 5.41) is 18.7. The van der Waals surface area contributed by atoms with Gasteiger partial charge < -0.3 is 19.7 Å². The van der Waals surface area contributed by atoms with Crippen molar-refractivity contribution < 1.29 is 29.3 Å². The second-order valence-corrected chi connectivity index (χ2v) is 12.1. The van der Waals surface area contributed by atoms with Crippen LogP contribution in [0.1, 0.15) is 115 Å². The molecular weight excluding hydrogens is 516 g/mol. The molecule has 1 fully saturated rings. The molecule has 6 nitrogen and oxygen atoms in total. The molecule has 2 N–H and O–H groups in total. The molecule has 0 radical (unpaired) electrons. The van der Waals surface area contributed by atoms with E-state index < -0.39 is 23.3 Å². The first-order chi connectivity index (χ1) is 19.7. The van der Waals surface area contributed by atoms with E-state index in [4.69, 9.17) is 9.47 Å². The van der Waals surface area contributed by atoms with Gasteiger partial charge in [0.05, 0.1) is 5.41 Å². The van der Waals surface area contributed by atoms with Crippen molar-refractivity contribution in [1.82, 2.24) is 0 Å². The van der Waals surface area contributed by atoms with Crippen LogP contribution in [-0.2, 0) is 24.5 Å². The van der Waals surface area contributed by atoms with Gasteiger partial charge in [-0.25, -0.2) is 9.59 Å². The van der Waals surface area contributed by atoms with Crippen LogP contribution in [0.4, 0.5) is 0 Å². The average molecular weight is 571 g/mol. The largest absolute Gasteiger partial charge is 0.461 e. The van der Waals surface area contributed by atoms with E-state index in [-0.39, 0.29) is 38.4 Å². The van der Waals surface area contributed by atoms with Gasteiger partial charge >= 0.3 is 11.9 Å². The summed E-state index contributed by atoms with van der Waals surface area (Å²) in [6.45, 7) is 12.9. The number of carbonyl (C=O) groups is 2. The first-order valence-electron chi connectivity index (χ1n) is 15.7. The number of aliphatic hydroxyl groups excluding tert-OH is 2. The highest BCUT2D eigenvalue weighted by molar-refractivity contribution is 5.88. The minimum atomic E-state index is -0.734. The van der Waals surface area contributed by atoms with Crippen molar-refractivity contribution in [2.24, 2.45) is 11.8 Å². The standard InChI is InChI=1S/C35H54O6/c1-6-8-9-10-11-12-28-13-15-30(16-14-28)31-17-19-32(20-18-31)35(7-2,24-40-33(38)26(3)4)25-41-34(39)27(5)21-29(22-36)23-37/h17-20,28-30,36-37H,3,5-16,21-25H2,1-2,4H3. The average Bonchev–Trinajstić information content (AvgIpc) is 3.00. The van der Waals surface area contributed by atoms with E-state index in [1.54, 1.807) is 6.92 Å². The molecule has 0 spiro atoms. The van der Waals surface area contributed by atoms with Gasteiger partial charge in [-0.15, -0.1) is 0 Å². The first-order valence-corrected chi connectivity index (χ1v) is 15.7. The predicted octanol–water partition coefficient (Wildman–Crippen LogP) is 7.18. The van der Waals surface area contributed by atoms with Crippen molar-refractivity contribution in [3.63, 3.8) is 0 Å². The molecule has 1 unspecified atom stereocenters. The topological polar surface area (TPSA) is 93.1 Å². The fraction of sp³-hybridized carbons (Fsp3) is 0.657. The Balaban J connectivity index is 2.08. The van der Waals surface area contributed by atoms with E-state index in [0.717, 1.165) is 11.5 Å². The minimum Gasteiger partial charge on any atom is -0.461 e. The summed E-state index contributed by atoms with van der Waals surface area (Å²) in [5.41, 5.74) is 2.05. The van der Waals surface area contributed by atoms with Crippen molar-refractivity contribution in [3.8, 4) is 0 Å². The molecule has 0 bridgehead atoms. The Morgan fingerprint density at radius 2 is 1.49 bits per heavy atom. The Kier molecular flexibility index (Phi) is 15.4. The van der Waals surface area contributed by atoms with E-state index in [2.05, 4.69) is 44.3 Å². The highest BCUT2D eigenvalue weighted by atomic mass is 16.5. The summed E-state index contributed by atoms with van der Waals surface area (Å²) >= 11 is 0. The molecule has 0 aromatic heterocycles. The van der Waals surface area contributed by atoms with Crippen LogP contribution in [-0.4, -0.2) is 48.6 Å². The second-order valence-electron chi connectivity index (χ2n) is 12.1. The maximum Gasteiger partial charge on any atom is 0.333 e. The number of esters is 2. The number of ether oxygens (including phenoxy) is 2. The Hall–Kier alpha value is -2.44. The number of aliphatic hydroxyl groups is 2. The Morgan fingerprint density at radius 1 is 0.902 bits per heavy atom. The molecule has 0 saturated heterocycles. The van der Waals surface area contributed by atoms with Crippen LogP contribution >= 0.6 is 0 Å². The number of carbonyl (C=O) groups excluding carboxylic acids is 2. The maximum atomic E-state index is 12.7. The Bertz CT molecular complexity index is 955. The highest BCUT2D eigenvalue weighted by Gasteiger charge is 2.35. The van der Waals surface area contributed by atoms with Gasteiger partial charge in [-0.3, -0.25) is 0 Å². The Morgan fingerprint density at radius 3 is 2.02 bits per heavy atom. The van der Waals surface area contributed by atoms with Gasteiger partial charge in [-0.1, -0.05) is 89.8 Å². The minimum absolute atomic E-state index is 0.0104. The predicted molar refractivity (Wildman–Crippen MR) is 165 cm³/mol. The van der Waals surface area contributed by atoms with Crippen molar-refractivity contribution in [2.45, 2.75) is 109 Å². The smallest absolute Gasteiger partial charge is 0.333 e. The molecular formula is C35H54O6. The van der Waals surface area contributed by atoms with E-state index >= 15 is 0 Å². The molecule has 6 heteroatoms. The van der Waals surface area contributed by atoms with Crippen LogP contribution in [0, 0.1) is 11.8 Å². The molecule has 1 atom stereocenters. The van der Waals surface area contributed by atoms with Crippen LogP contribution in [0.3, 0.4) is 0 Å². The van der Waals surface area contributed by atoms with E-state index in [0.29, 0.717) is 17.9 Å². The molecule has 230 valence electrons. The van der Waals surface area contributed by atoms with Crippen molar-refractivity contribution in [3.05, 3.63) is 59.7 Å². The molecule has 0 aliphatic heterocycles. The normalized spacial score (nSPS) is 18.5. The molecule has 0 heterocycles. The SMILES string of the molecule is C=C(C)C(=O)OCC(CC)(COC(=O)C(=C)CC(CO)CO)c1ccc(C2CCC(CCCCCCC)CC2)cc1. The summed E-state index contributed by atoms with van der Waals surface area (Å²) in [5.74, 6) is -0.108. The number of hydrogen-bond acceptors (Lipinski definition) is 6. The van der Waals surface area contributed by atoms with Crippen LogP contribution in [0.5, 0.6) is 0 Å². The second kappa shape index (κ2) is 18.2. The van der Waals surface area contributed by atoms with Crippen LogP contribution < -0.4 is 0 Å². The zero-order valence-corrected chi connectivity index (χ0v) is 25.8. The van der Waals surface area contributed by atoms with E-state index in [1.807, 2.05) is 6.92 Å². The van der Waals surface area contributed by atoms with E-state index in [9.17, 15) is 19.8 Å². The lowest BCUT2D eigenvalue weighted by Crippen LogP contribution is -2.38. The molecule has 1 aliphatic carbocycles. The van der Waals surface area contributed by atoms with Gasteiger partial charge in [0.2, 0.25) is 0 Å². The quantitative estimate of drug-likeness (QED) is 0.104. The van der Waals surface area contributed by atoms with Crippen LogP contribution in [0.15, 0.2) is 48.6 Å². The summed E-state index contributed by atoms with van der Waals surface area (Å²) in [6.07, 6.45) is 13.9. The van der Waals surface area contributed by atoms with Gasteiger partial charge in [0.15, 0.2) is 0 Å². The summed E-state index contributed by atoms with van der Waals surface area (Å²) in [4.78, 5) is 25.0. The van der Waals surface area contributed by atoms with Gasteiger partial charge in [-0.05, 0) is 68.4 Å². The van der Waals surface area contributed by atoms with E-state index in [1.165, 1.54) is 69.8 Å². The van der Waals surface area contributed by atoms with Crippen molar-refractivity contribution >= 4 is 11.9 Å². The number of hydrogen-bond donors (Lipinski definition) is 2. The molecule has 41 heavy (non-hydrogen) atoms. The monoisotopic (exact) mass is 570 g/mol. The van der Waals surface area contributed by atoms with Crippen LogP contribution in [0.25, 0.3) is 0 Å². The number of benzene rings is 1. The molecule has 2 rings (SSSR count). The lowest BCUT2D eigenvalue weighted by Gasteiger charge is -2.33. The van der Waals surface area contributed by atoms with Gasteiger partial charge in [0.1, 0.15) is 13.2 Å². The van der Waals surface area contributed by atoms with Gasteiger partial charge in [0, 0.05) is 30.3 Å².